The van der Waals surface area contributed by atoms with Crippen molar-refractivity contribution in [2.24, 2.45) is 0 Å². The van der Waals surface area contributed by atoms with Gasteiger partial charge in [0.15, 0.2) is 0 Å². The molecule has 31 heavy (non-hydrogen) atoms. The molecule has 0 saturated heterocycles. The monoisotopic (exact) mass is 397 g/mol. The fraction of sp³-hybridized carbons (Fsp3) is 0.0345. The van der Waals surface area contributed by atoms with Crippen LogP contribution >= 0.6 is 0 Å². The van der Waals surface area contributed by atoms with Gasteiger partial charge in [0, 0.05) is 22.0 Å². The van der Waals surface area contributed by atoms with Crippen LogP contribution in [-0.4, -0.2) is 4.57 Å². The van der Waals surface area contributed by atoms with E-state index in [2.05, 4.69) is 114 Å². The van der Waals surface area contributed by atoms with E-state index in [1.807, 2.05) is 0 Å². The zero-order valence-corrected chi connectivity index (χ0v) is 16.8. The minimum absolute atomic E-state index is 0.263. The van der Waals surface area contributed by atoms with Gasteiger partial charge in [0.2, 0.25) is 0 Å². The average molecular weight is 397 g/mol. The van der Waals surface area contributed by atoms with Crippen LogP contribution in [0.15, 0.2) is 115 Å². The smallest absolute Gasteiger partial charge is 0.131 e. The first kappa shape index (κ1) is 16.7. The lowest BCUT2D eigenvalue weighted by Gasteiger charge is -2.09. The Morgan fingerprint density at radius 2 is 1.45 bits per heavy atom. The summed E-state index contributed by atoms with van der Waals surface area (Å²) in [6.07, 6.45) is 6.36. The summed E-state index contributed by atoms with van der Waals surface area (Å²) in [4.78, 5) is 0. The van der Waals surface area contributed by atoms with Crippen molar-refractivity contribution in [3.63, 3.8) is 0 Å². The van der Waals surface area contributed by atoms with Crippen molar-refractivity contribution in [3.05, 3.63) is 121 Å². The van der Waals surface area contributed by atoms with E-state index in [0.717, 1.165) is 11.5 Å². The van der Waals surface area contributed by atoms with E-state index in [0.29, 0.717) is 0 Å². The zero-order chi connectivity index (χ0) is 20.4. The molecule has 146 valence electrons. The van der Waals surface area contributed by atoms with Gasteiger partial charge in [0.1, 0.15) is 11.5 Å². The van der Waals surface area contributed by atoms with Gasteiger partial charge >= 0.3 is 0 Å². The molecule has 2 heteroatoms. The number of hydrogen-bond donors (Lipinski definition) is 0. The average Bonchev–Trinajstić information content (AvgIpc) is 3.50. The number of benzene rings is 4. The van der Waals surface area contributed by atoms with Gasteiger partial charge in [-0.2, -0.15) is 0 Å². The van der Waals surface area contributed by atoms with Crippen LogP contribution in [0.2, 0.25) is 0 Å². The van der Waals surface area contributed by atoms with E-state index >= 15 is 0 Å². The molecule has 1 atom stereocenters. The number of nitrogens with zero attached hydrogens (tertiary/aromatic N) is 1. The summed E-state index contributed by atoms with van der Waals surface area (Å²) in [5.41, 5.74) is 7.35. The van der Waals surface area contributed by atoms with Crippen LogP contribution in [0.3, 0.4) is 0 Å². The molecule has 0 amide bonds. The second-order valence-electron chi connectivity index (χ2n) is 8.21. The van der Waals surface area contributed by atoms with Crippen molar-refractivity contribution in [1.82, 2.24) is 4.57 Å². The lowest BCUT2D eigenvalue weighted by atomic mass is 9.95. The van der Waals surface area contributed by atoms with E-state index in [9.17, 15) is 0 Å². The molecule has 0 spiro atoms. The number of allylic oxidation sites excluding steroid dienone is 3. The summed E-state index contributed by atoms with van der Waals surface area (Å²) in [7, 11) is 0. The van der Waals surface area contributed by atoms with Crippen LogP contribution in [-0.2, 0) is 0 Å². The molecule has 4 aromatic carbocycles. The molecule has 7 rings (SSSR count). The highest BCUT2D eigenvalue weighted by atomic mass is 16.5. The van der Waals surface area contributed by atoms with Crippen LogP contribution in [0.4, 0.5) is 0 Å². The van der Waals surface area contributed by atoms with Gasteiger partial charge in [-0.05, 0) is 59.7 Å². The third kappa shape index (κ3) is 2.39. The summed E-state index contributed by atoms with van der Waals surface area (Å²) < 4.78 is 8.35. The van der Waals surface area contributed by atoms with Crippen molar-refractivity contribution < 1.29 is 4.74 Å². The van der Waals surface area contributed by atoms with E-state index in [1.54, 1.807) is 0 Å². The molecule has 0 N–H and O–H groups in total. The number of para-hydroxylation sites is 2. The Morgan fingerprint density at radius 1 is 0.677 bits per heavy atom. The fourth-order valence-electron chi connectivity index (χ4n) is 5.01. The van der Waals surface area contributed by atoms with Gasteiger partial charge in [0.05, 0.1) is 17.0 Å². The quantitative estimate of drug-likeness (QED) is 0.303. The highest BCUT2D eigenvalue weighted by Gasteiger charge is 2.29. The van der Waals surface area contributed by atoms with Crippen molar-refractivity contribution in [2.75, 3.05) is 0 Å². The van der Waals surface area contributed by atoms with E-state index < -0.39 is 0 Å². The van der Waals surface area contributed by atoms with Crippen LogP contribution in [0.25, 0.3) is 38.6 Å². The predicted octanol–water partition coefficient (Wildman–Crippen LogP) is 7.38. The summed E-state index contributed by atoms with van der Waals surface area (Å²) in [6.45, 7) is 0. The Hall–Kier alpha value is -4.04. The first-order valence-corrected chi connectivity index (χ1v) is 10.7. The lowest BCUT2D eigenvalue weighted by Crippen LogP contribution is -1.92. The molecule has 0 bridgehead atoms. The van der Waals surface area contributed by atoms with Crippen LogP contribution in [0, 0.1) is 0 Å². The molecule has 2 nitrogen and oxygen atoms in total. The molecular formula is C29H19NO. The topological polar surface area (TPSA) is 14.2 Å². The van der Waals surface area contributed by atoms with E-state index in [1.165, 1.54) is 44.2 Å². The number of aromatic nitrogens is 1. The van der Waals surface area contributed by atoms with Gasteiger partial charge in [-0.3, -0.25) is 0 Å². The van der Waals surface area contributed by atoms with Crippen molar-refractivity contribution in [3.8, 4) is 22.6 Å². The Bertz CT molecular complexity index is 1550. The largest absolute Gasteiger partial charge is 0.460 e. The number of ether oxygens (including phenoxy) is 1. The fourth-order valence-corrected chi connectivity index (χ4v) is 5.01. The highest BCUT2D eigenvalue weighted by molar-refractivity contribution is 6.10. The molecule has 0 fully saturated rings. The SMILES string of the molecule is C1=CC2C(=C1)Oc1ccc(-c3ccc4c(c3)c3ccccc3n4-c3ccccc3)cc12. The lowest BCUT2D eigenvalue weighted by molar-refractivity contribution is 0.441. The minimum Gasteiger partial charge on any atom is -0.460 e. The van der Waals surface area contributed by atoms with Gasteiger partial charge in [-0.1, -0.05) is 60.7 Å². The Kier molecular flexibility index (Phi) is 3.36. The number of hydrogen-bond acceptors (Lipinski definition) is 1. The van der Waals surface area contributed by atoms with E-state index in [-0.39, 0.29) is 5.92 Å². The maximum absolute atomic E-state index is 6.00. The molecule has 2 heterocycles. The van der Waals surface area contributed by atoms with Crippen LogP contribution in [0.5, 0.6) is 5.75 Å². The third-order valence-electron chi connectivity index (χ3n) is 6.46. The van der Waals surface area contributed by atoms with Crippen LogP contribution < -0.4 is 4.74 Å². The van der Waals surface area contributed by atoms with Crippen molar-refractivity contribution in [1.29, 1.82) is 0 Å². The number of fused-ring (bicyclic) bond motifs is 6. The first-order valence-electron chi connectivity index (χ1n) is 10.7. The summed E-state index contributed by atoms with van der Waals surface area (Å²) in [5.74, 6) is 2.28. The number of rotatable bonds is 2. The minimum atomic E-state index is 0.263. The van der Waals surface area contributed by atoms with Gasteiger partial charge in [-0.25, -0.2) is 0 Å². The molecule has 1 aliphatic heterocycles. The first-order chi connectivity index (χ1) is 15.4. The highest BCUT2D eigenvalue weighted by Crippen LogP contribution is 2.45. The van der Waals surface area contributed by atoms with Crippen LogP contribution in [0.1, 0.15) is 11.5 Å². The molecule has 0 saturated carbocycles. The van der Waals surface area contributed by atoms with Crippen molar-refractivity contribution in [2.45, 2.75) is 5.92 Å². The molecule has 1 aliphatic carbocycles. The maximum Gasteiger partial charge on any atom is 0.131 e. The molecule has 0 radical (unpaired) electrons. The normalized spacial score (nSPS) is 16.4. The second-order valence-corrected chi connectivity index (χ2v) is 8.21. The second kappa shape index (κ2) is 6.23. The summed E-state index contributed by atoms with van der Waals surface area (Å²) in [6, 6.07) is 32.6. The van der Waals surface area contributed by atoms with Gasteiger partial charge < -0.3 is 9.30 Å². The Morgan fingerprint density at radius 3 is 2.39 bits per heavy atom. The molecule has 1 aromatic heterocycles. The molecular weight excluding hydrogens is 378 g/mol. The molecule has 2 aliphatic rings. The molecule has 5 aromatic rings. The van der Waals surface area contributed by atoms with Gasteiger partial charge in [0.25, 0.3) is 0 Å². The zero-order valence-electron chi connectivity index (χ0n) is 16.8. The predicted molar refractivity (Wildman–Crippen MR) is 127 cm³/mol. The van der Waals surface area contributed by atoms with Gasteiger partial charge in [-0.15, -0.1) is 0 Å². The Balaban J connectivity index is 1.44. The van der Waals surface area contributed by atoms with E-state index in [4.69, 9.17) is 4.74 Å². The third-order valence-corrected chi connectivity index (χ3v) is 6.46. The summed E-state index contributed by atoms with van der Waals surface area (Å²) >= 11 is 0. The van der Waals surface area contributed by atoms with Crippen molar-refractivity contribution >= 4 is 21.8 Å². The molecule has 1 unspecified atom stereocenters. The Labute approximate surface area is 180 Å². The summed E-state index contributed by atoms with van der Waals surface area (Å²) in [5, 5.41) is 2.55. The standard InChI is InChI=1S/C29H19NO/c1-2-7-21(8-3-1)30-26-11-5-4-9-22(26)24-17-19(13-15-27(24)30)20-14-16-29-25(18-20)23-10-6-12-28(23)31-29/h1-18,23H. The maximum atomic E-state index is 6.00.